The third kappa shape index (κ3) is 2.96. The van der Waals surface area contributed by atoms with E-state index in [9.17, 15) is 13.2 Å². The first-order valence-corrected chi connectivity index (χ1v) is 11.5. The number of aromatic nitrogens is 2. The minimum atomic E-state index is -3.88. The van der Waals surface area contributed by atoms with E-state index in [0.29, 0.717) is 24.3 Å². The number of carbonyl (C=O) groups is 1. The number of hydrogen-bond acceptors (Lipinski definition) is 6. The van der Waals surface area contributed by atoms with Crippen LogP contribution in [0.15, 0.2) is 47.4 Å². The molecule has 0 unspecified atom stereocenters. The van der Waals surface area contributed by atoms with Gasteiger partial charge in [0.05, 0.1) is 10.4 Å². The second-order valence-electron chi connectivity index (χ2n) is 7.64. The third-order valence-corrected chi connectivity index (χ3v) is 7.39. The molecule has 3 heterocycles. The normalized spacial score (nSPS) is 16.8. The number of benzene rings is 2. The molecule has 1 N–H and O–H groups in total. The highest BCUT2D eigenvalue weighted by atomic mass is 32.2. The maximum atomic E-state index is 13.5. The van der Waals surface area contributed by atoms with Gasteiger partial charge in [0.15, 0.2) is 5.82 Å². The number of fused-ring (bicyclic) bond motifs is 2. The molecule has 0 saturated carbocycles. The molecule has 9 heteroatoms. The topological polar surface area (TPSA) is 87.5 Å². The molecule has 8 nitrogen and oxygen atoms in total. The zero-order valence-corrected chi connectivity index (χ0v) is 17.5. The quantitative estimate of drug-likeness (QED) is 0.686. The Hall–Kier alpha value is -2.91. The van der Waals surface area contributed by atoms with Gasteiger partial charge in [-0.25, -0.2) is 0 Å². The number of amides is 1. The molecule has 2 aliphatic heterocycles. The van der Waals surface area contributed by atoms with Crippen LogP contribution < -0.4 is 15.1 Å². The van der Waals surface area contributed by atoms with Gasteiger partial charge in [-0.15, -0.1) is 5.10 Å². The number of hydrogen-bond donors (Lipinski definition) is 1. The summed E-state index contributed by atoms with van der Waals surface area (Å²) in [5.74, 6) is 0.655. The smallest absolute Gasteiger partial charge is 0.283 e. The summed E-state index contributed by atoms with van der Waals surface area (Å²) in [6.45, 7) is 5.33. The molecule has 2 aromatic carbocycles. The van der Waals surface area contributed by atoms with Gasteiger partial charge in [0.2, 0.25) is 5.91 Å². The molecule has 1 fully saturated rings. The van der Waals surface area contributed by atoms with E-state index in [1.165, 1.54) is 6.92 Å². The number of nitrogens with one attached hydrogen (secondary N) is 1. The van der Waals surface area contributed by atoms with Crippen molar-refractivity contribution >= 4 is 38.3 Å². The Labute approximate surface area is 175 Å². The predicted molar refractivity (Wildman–Crippen MR) is 116 cm³/mol. The van der Waals surface area contributed by atoms with E-state index in [2.05, 4.69) is 15.3 Å². The van der Waals surface area contributed by atoms with E-state index in [1.807, 2.05) is 18.2 Å². The van der Waals surface area contributed by atoms with Crippen molar-refractivity contribution in [3.8, 4) is 0 Å². The summed E-state index contributed by atoms with van der Waals surface area (Å²) in [6.07, 6.45) is 0.643. The lowest BCUT2D eigenvalue weighted by Crippen LogP contribution is -2.43. The minimum Gasteiger partial charge on any atom is -0.352 e. The van der Waals surface area contributed by atoms with E-state index in [0.717, 1.165) is 46.9 Å². The van der Waals surface area contributed by atoms with Crippen molar-refractivity contribution in [1.29, 1.82) is 0 Å². The molecule has 0 radical (unpaired) electrons. The van der Waals surface area contributed by atoms with Crippen molar-refractivity contribution in [3.05, 3.63) is 48.0 Å². The van der Waals surface area contributed by atoms with Crippen molar-refractivity contribution in [1.82, 2.24) is 14.5 Å². The summed E-state index contributed by atoms with van der Waals surface area (Å²) < 4.78 is 28.2. The summed E-state index contributed by atoms with van der Waals surface area (Å²) in [6, 6.07) is 12.4. The Balaban J connectivity index is 1.61. The van der Waals surface area contributed by atoms with Gasteiger partial charge in [0, 0.05) is 50.7 Å². The molecule has 1 aromatic heterocycles. The van der Waals surface area contributed by atoms with Gasteiger partial charge in [-0.2, -0.15) is 12.5 Å². The largest absolute Gasteiger partial charge is 0.352 e. The lowest BCUT2D eigenvalue weighted by Gasteiger charge is -2.27. The molecule has 1 amide bonds. The molecule has 5 rings (SSSR count). The molecule has 156 valence electrons. The monoisotopic (exact) mass is 425 g/mol. The van der Waals surface area contributed by atoms with Crippen molar-refractivity contribution < 1.29 is 13.2 Å². The minimum absolute atomic E-state index is 0.0388. The first-order chi connectivity index (χ1) is 14.5. The Morgan fingerprint density at radius 3 is 2.60 bits per heavy atom. The van der Waals surface area contributed by atoms with E-state index >= 15 is 0 Å². The molecule has 2 aliphatic rings. The number of anilines is 2. The Morgan fingerprint density at radius 1 is 1.07 bits per heavy atom. The number of para-hydroxylation sites is 1. The SMILES string of the molecule is CC(=O)N1CCc2cc(S(=O)(=O)n3nc(N4CCNCC4)c4ccccc43)ccc21. The number of piperazine rings is 1. The number of nitrogens with zero attached hydrogens (tertiary/aromatic N) is 4. The molecule has 30 heavy (non-hydrogen) atoms. The van der Waals surface area contributed by atoms with E-state index in [-0.39, 0.29) is 10.8 Å². The van der Waals surface area contributed by atoms with Crippen LogP contribution in [0.4, 0.5) is 11.5 Å². The van der Waals surface area contributed by atoms with Crippen molar-refractivity contribution in [2.75, 3.05) is 42.5 Å². The van der Waals surface area contributed by atoms with Crippen molar-refractivity contribution in [3.63, 3.8) is 0 Å². The highest BCUT2D eigenvalue weighted by Gasteiger charge is 2.28. The Kier molecular flexibility index (Phi) is 4.52. The lowest BCUT2D eigenvalue weighted by molar-refractivity contribution is -0.116. The number of carbonyl (C=O) groups excluding carboxylic acids is 1. The summed E-state index contributed by atoms with van der Waals surface area (Å²) >= 11 is 0. The van der Waals surface area contributed by atoms with Gasteiger partial charge in [-0.05, 0) is 42.3 Å². The summed E-state index contributed by atoms with van der Waals surface area (Å²) in [4.78, 5) is 15.8. The molecule has 0 spiro atoms. The highest BCUT2D eigenvalue weighted by Crippen LogP contribution is 2.33. The molecular weight excluding hydrogens is 402 g/mol. The van der Waals surface area contributed by atoms with Crippen molar-refractivity contribution in [2.24, 2.45) is 0 Å². The average molecular weight is 426 g/mol. The fraction of sp³-hybridized carbons (Fsp3) is 0.333. The maximum Gasteiger partial charge on any atom is 0.283 e. The maximum absolute atomic E-state index is 13.5. The van der Waals surface area contributed by atoms with Gasteiger partial charge in [0.25, 0.3) is 10.0 Å². The van der Waals surface area contributed by atoms with Crippen LogP contribution in [0.5, 0.6) is 0 Å². The van der Waals surface area contributed by atoms with Crippen LogP contribution in [0.25, 0.3) is 10.9 Å². The fourth-order valence-electron chi connectivity index (χ4n) is 4.28. The van der Waals surface area contributed by atoms with Gasteiger partial charge >= 0.3 is 0 Å². The van der Waals surface area contributed by atoms with E-state index in [4.69, 9.17) is 0 Å². The highest BCUT2D eigenvalue weighted by molar-refractivity contribution is 7.90. The van der Waals surface area contributed by atoms with Crippen LogP contribution in [0.3, 0.4) is 0 Å². The number of rotatable bonds is 3. The van der Waals surface area contributed by atoms with Crippen LogP contribution in [0.1, 0.15) is 12.5 Å². The second-order valence-corrected chi connectivity index (χ2v) is 9.40. The fourth-order valence-corrected chi connectivity index (χ4v) is 5.62. The first kappa shape index (κ1) is 19.1. The van der Waals surface area contributed by atoms with Gasteiger partial charge in [0.1, 0.15) is 0 Å². The molecular formula is C21H23N5O3S. The Bertz CT molecular complexity index is 1240. The Morgan fingerprint density at radius 2 is 1.83 bits per heavy atom. The lowest BCUT2D eigenvalue weighted by atomic mass is 10.2. The summed E-state index contributed by atoms with van der Waals surface area (Å²) in [7, 11) is -3.88. The standard InChI is InChI=1S/C21H23N5O3S/c1-15(27)25-11-8-16-14-17(6-7-19(16)25)30(28,29)26-20-5-3-2-4-18(20)21(23-26)24-12-9-22-10-13-24/h2-7,14,22H,8-13H2,1H3. The van der Waals surface area contributed by atoms with Crippen LogP contribution >= 0.6 is 0 Å². The van der Waals surface area contributed by atoms with Gasteiger partial charge < -0.3 is 15.1 Å². The predicted octanol–water partition coefficient (Wildman–Crippen LogP) is 1.59. The zero-order chi connectivity index (χ0) is 20.9. The van der Waals surface area contributed by atoms with E-state index in [1.54, 1.807) is 29.2 Å². The second kappa shape index (κ2) is 7.10. The van der Waals surface area contributed by atoms with Gasteiger partial charge in [-0.3, -0.25) is 4.79 Å². The molecule has 0 aliphatic carbocycles. The first-order valence-electron chi connectivity index (χ1n) is 10.1. The van der Waals surface area contributed by atoms with Crippen LogP contribution in [-0.4, -0.2) is 56.2 Å². The molecule has 1 saturated heterocycles. The molecule has 0 atom stereocenters. The van der Waals surface area contributed by atoms with E-state index < -0.39 is 10.0 Å². The molecule has 0 bridgehead atoms. The summed E-state index contributed by atoms with van der Waals surface area (Å²) in [5, 5.41) is 8.69. The van der Waals surface area contributed by atoms with Crippen molar-refractivity contribution in [2.45, 2.75) is 18.2 Å². The zero-order valence-electron chi connectivity index (χ0n) is 16.7. The third-order valence-electron chi connectivity index (χ3n) is 5.81. The van der Waals surface area contributed by atoms with Crippen LogP contribution in [0.2, 0.25) is 0 Å². The van der Waals surface area contributed by atoms with Crippen LogP contribution in [0, 0.1) is 0 Å². The molecule has 3 aromatic rings. The van der Waals surface area contributed by atoms with Crippen LogP contribution in [-0.2, 0) is 21.2 Å². The average Bonchev–Trinajstić information content (AvgIpc) is 3.36. The van der Waals surface area contributed by atoms with Gasteiger partial charge in [-0.1, -0.05) is 12.1 Å². The summed E-state index contributed by atoms with van der Waals surface area (Å²) in [5.41, 5.74) is 2.22.